The van der Waals surface area contributed by atoms with Crippen LogP contribution >= 0.6 is 11.6 Å². The maximum atomic E-state index is 12.8. The summed E-state index contributed by atoms with van der Waals surface area (Å²) in [7, 11) is -3.57. The predicted molar refractivity (Wildman–Crippen MR) is 98.1 cm³/mol. The van der Waals surface area contributed by atoms with Crippen molar-refractivity contribution >= 4 is 21.6 Å². The van der Waals surface area contributed by atoms with Gasteiger partial charge in [0, 0.05) is 37.7 Å². The number of piperazine rings is 1. The molecule has 142 valence electrons. The van der Waals surface area contributed by atoms with E-state index in [1.54, 1.807) is 26.0 Å². The van der Waals surface area contributed by atoms with Crippen LogP contribution in [0.3, 0.4) is 0 Å². The highest BCUT2D eigenvalue weighted by atomic mass is 35.5. The van der Waals surface area contributed by atoms with Crippen molar-refractivity contribution in [1.82, 2.24) is 14.4 Å². The SMILES string of the molecule is Cc1noc(C)c1S(=O)(=O)N1CCN(CCOc2cccc(Cl)c2)CC1. The number of aromatic nitrogens is 1. The molecule has 7 nitrogen and oxygen atoms in total. The zero-order valence-electron chi connectivity index (χ0n) is 14.8. The van der Waals surface area contributed by atoms with Crippen molar-refractivity contribution in [2.75, 3.05) is 39.3 Å². The van der Waals surface area contributed by atoms with Crippen LogP contribution < -0.4 is 4.74 Å². The van der Waals surface area contributed by atoms with Crippen LogP contribution in [0.25, 0.3) is 0 Å². The predicted octanol–water partition coefficient (Wildman–Crippen LogP) is 2.33. The van der Waals surface area contributed by atoms with E-state index in [0.29, 0.717) is 49.3 Å². The van der Waals surface area contributed by atoms with E-state index in [-0.39, 0.29) is 4.90 Å². The molecule has 2 heterocycles. The van der Waals surface area contributed by atoms with Crippen molar-refractivity contribution in [2.45, 2.75) is 18.7 Å². The number of rotatable bonds is 6. The van der Waals surface area contributed by atoms with Gasteiger partial charge in [-0.15, -0.1) is 0 Å². The van der Waals surface area contributed by atoms with Crippen LogP contribution in [0, 0.1) is 13.8 Å². The minimum Gasteiger partial charge on any atom is -0.492 e. The molecule has 1 aromatic heterocycles. The maximum Gasteiger partial charge on any atom is 0.248 e. The Morgan fingerprint density at radius 3 is 2.58 bits per heavy atom. The summed E-state index contributed by atoms with van der Waals surface area (Å²) in [6, 6.07) is 7.28. The van der Waals surface area contributed by atoms with Crippen LogP contribution in [0.2, 0.25) is 5.02 Å². The Balaban J connectivity index is 1.51. The molecule has 0 amide bonds. The molecular weight excluding hydrogens is 378 g/mol. The minimum atomic E-state index is -3.57. The molecule has 1 aliphatic rings. The zero-order chi connectivity index (χ0) is 18.7. The summed E-state index contributed by atoms with van der Waals surface area (Å²) >= 11 is 5.93. The topological polar surface area (TPSA) is 75.9 Å². The van der Waals surface area contributed by atoms with E-state index in [1.165, 1.54) is 4.31 Å². The van der Waals surface area contributed by atoms with Crippen molar-refractivity contribution in [2.24, 2.45) is 0 Å². The summed E-state index contributed by atoms with van der Waals surface area (Å²) in [5.74, 6) is 1.07. The van der Waals surface area contributed by atoms with Crippen LogP contribution in [0.4, 0.5) is 0 Å². The zero-order valence-corrected chi connectivity index (χ0v) is 16.4. The van der Waals surface area contributed by atoms with Crippen LogP contribution in [0.1, 0.15) is 11.5 Å². The normalized spacial score (nSPS) is 16.7. The first-order chi connectivity index (χ1) is 12.4. The molecule has 1 saturated heterocycles. The Morgan fingerprint density at radius 2 is 1.96 bits per heavy atom. The van der Waals surface area contributed by atoms with Gasteiger partial charge in [-0.3, -0.25) is 4.90 Å². The summed E-state index contributed by atoms with van der Waals surface area (Å²) in [6.45, 7) is 6.70. The Morgan fingerprint density at radius 1 is 1.23 bits per heavy atom. The highest BCUT2D eigenvalue weighted by Gasteiger charge is 2.33. The van der Waals surface area contributed by atoms with E-state index in [9.17, 15) is 8.42 Å². The lowest BCUT2D eigenvalue weighted by molar-refractivity contribution is 0.159. The summed E-state index contributed by atoms with van der Waals surface area (Å²) in [5, 5.41) is 4.39. The van der Waals surface area contributed by atoms with Crippen molar-refractivity contribution in [1.29, 1.82) is 0 Å². The molecule has 0 radical (unpaired) electrons. The molecule has 0 N–H and O–H groups in total. The lowest BCUT2D eigenvalue weighted by Crippen LogP contribution is -2.49. The van der Waals surface area contributed by atoms with Crippen LogP contribution in [-0.2, 0) is 10.0 Å². The average Bonchev–Trinajstić information content (AvgIpc) is 2.95. The maximum absolute atomic E-state index is 12.8. The van der Waals surface area contributed by atoms with Gasteiger partial charge in [-0.1, -0.05) is 22.8 Å². The minimum absolute atomic E-state index is 0.190. The molecule has 0 spiro atoms. The smallest absolute Gasteiger partial charge is 0.248 e. The summed E-state index contributed by atoms with van der Waals surface area (Å²) in [6.07, 6.45) is 0. The number of sulfonamides is 1. The second kappa shape index (κ2) is 7.96. The van der Waals surface area contributed by atoms with Gasteiger partial charge in [0.15, 0.2) is 5.76 Å². The molecule has 26 heavy (non-hydrogen) atoms. The van der Waals surface area contributed by atoms with Gasteiger partial charge in [0.25, 0.3) is 0 Å². The monoisotopic (exact) mass is 399 g/mol. The number of benzene rings is 1. The molecule has 0 saturated carbocycles. The lowest BCUT2D eigenvalue weighted by atomic mass is 10.3. The van der Waals surface area contributed by atoms with Gasteiger partial charge in [0.1, 0.15) is 22.9 Å². The number of ether oxygens (including phenoxy) is 1. The van der Waals surface area contributed by atoms with E-state index in [2.05, 4.69) is 10.1 Å². The van der Waals surface area contributed by atoms with E-state index < -0.39 is 10.0 Å². The molecule has 1 aliphatic heterocycles. The van der Waals surface area contributed by atoms with Gasteiger partial charge in [-0.05, 0) is 32.0 Å². The molecule has 1 fully saturated rings. The Labute approximate surface area is 158 Å². The van der Waals surface area contributed by atoms with Crippen molar-refractivity contribution in [3.8, 4) is 5.75 Å². The standard InChI is InChI=1S/C17H22ClN3O4S/c1-13-17(14(2)25-19-13)26(22,23)21-8-6-20(7-9-21)10-11-24-16-5-3-4-15(18)12-16/h3-5,12H,6-11H2,1-2H3. The fraction of sp³-hybridized carbons (Fsp3) is 0.471. The van der Waals surface area contributed by atoms with E-state index >= 15 is 0 Å². The van der Waals surface area contributed by atoms with Gasteiger partial charge < -0.3 is 9.26 Å². The van der Waals surface area contributed by atoms with Crippen LogP contribution in [0.15, 0.2) is 33.7 Å². The number of hydrogen-bond acceptors (Lipinski definition) is 6. The molecule has 0 unspecified atom stereocenters. The molecule has 2 aromatic rings. The van der Waals surface area contributed by atoms with Crippen LogP contribution in [-0.4, -0.2) is 62.1 Å². The summed E-state index contributed by atoms with van der Waals surface area (Å²) < 4.78 is 37.8. The summed E-state index contributed by atoms with van der Waals surface area (Å²) in [4.78, 5) is 2.37. The largest absolute Gasteiger partial charge is 0.492 e. The third kappa shape index (κ3) is 4.20. The first-order valence-corrected chi connectivity index (χ1v) is 10.2. The molecule has 0 aliphatic carbocycles. The van der Waals surface area contributed by atoms with E-state index in [1.807, 2.05) is 12.1 Å². The third-order valence-electron chi connectivity index (χ3n) is 4.37. The molecule has 0 atom stereocenters. The number of halogens is 1. The van der Waals surface area contributed by atoms with E-state index in [4.69, 9.17) is 20.9 Å². The average molecular weight is 400 g/mol. The number of hydrogen-bond donors (Lipinski definition) is 0. The van der Waals surface area contributed by atoms with Gasteiger partial charge in [-0.25, -0.2) is 8.42 Å². The van der Waals surface area contributed by atoms with Crippen molar-refractivity contribution < 1.29 is 17.7 Å². The molecule has 9 heteroatoms. The quantitative estimate of drug-likeness (QED) is 0.742. The van der Waals surface area contributed by atoms with Crippen molar-refractivity contribution in [3.05, 3.63) is 40.7 Å². The Kier molecular flexibility index (Phi) is 5.86. The first kappa shape index (κ1) is 19.2. The number of aryl methyl sites for hydroxylation is 2. The second-order valence-corrected chi connectivity index (χ2v) is 8.52. The fourth-order valence-electron chi connectivity index (χ4n) is 3.01. The van der Waals surface area contributed by atoms with E-state index in [0.717, 1.165) is 12.3 Å². The highest BCUT2D eigenvalue weighted by molar-refractivity contribution is 7.89. The van der Waals surface area contributed by atoms with Gasteiger partial charge in [-0.2, -0.15) is 4.31 Å². The molecule has 0 bridgehead atoms. The first-order valence-electron chi connectivity index (χ1n) is 8.41. The van der Waals surface area contributed by atoms with Gasteiger partial charge in [0.05, 0.1) is 0 Å². The Bertz CT molecular complexity index is 841. The third-order valence-corrected chi connectivity index (χ3v) is 6.75. The van der Waals surface area contributed by atoms with Crippen molar-refractivity contribution in [3.63, 3.8) is 0 Å². The summed E-state index contributed by atoms with van der Waals surface area (Å²) in [5.41, 5.74) is 0.403. The molecule has 1 aromatic carbocycles. The Hall–Kier alpha value is -1.61. The lowest BCUT2D eigenvalue weighted by Gasteiger charge is -2.33. The van der Waals surface area contributed by atoms with Gasteiger partial charge in [0.2, 0.25) is 10.0 Å². The molecular formula is C17H22ClN3O4S. The number of nitrogens with zero attached hydrogens (tertiary/aromatic N) is 3. The van der Waals surface area contributed by atoms with Gasteiger partial charge >= 0.3 is 0 Å². The second-order valence-electron chi connectivity index (χ2n) is 6.20. The highest BCUT2D eigenvalue weighted by Crippen LogP contribution is 2.24. The fourth-order valence-corrected chi connectivity index (χ4v) is 4.91. The molecule has 3 rings (SSSR count). The van der Waals surface area contributed by atoms with Crippen LogP contribution in [0.5, 0.6) is 5.75 Å².